The molecule has 1 aromatic rings. The molecule has 0 aromatic heterocycles. The molecule has 0 saturated carbocycles. The van der Waals surface area contributed by atoms with E-state index in [1.54, 1.807) is 13.1 Å². The lowest BCUT2D eigenvalue weighted by atomic mass is 10.0. The van der Waals surface area contributed by atoms with E-state index in [-0.39, 0.29) is 11.4 Å². The molecule has 2 aliphatic rings. The predicted octanol–water partition coefficient (Wildman–Crippen LogP) is 1.90. The normalized spacial score (nSPS) is 24.0. The van der Waals surface area contributed by atoms with Gasteiger partial charge in [-0.15, -0.1) is 0 Å². The molecule has 2 fully saturated rings. The molecule has 144 valence electrons. The largest absolute Gasteiger partial charge is 0.378 e. The molecule has 2 aliphatic heterocycles. The van der Waals surface area contributed by atoms with Crippen LogP contribution in [0.5, 0.6) is 0 Å². The molecule has 0 aliphatic carbocycles. The number of ether oxygens (including phenoxy) is 2. The van der Waals surface area contributed by atoms with Crippen LogP contribution < -0.4 is 15.5 Å². The van der Waals surface area contributed by atoms with Crippen molar-refractivity contribution in [1.29, 1.82) is 0 Å². The zero-order chi connectivity index (χ0) is 18.4. The average Bonchev–Trinajstić information content (AvgIpc) is 3.09. The van der Waals surface area contributed by atoms with E-state index in [1.165, 1.54) is 0 Å². The van der Waals surface area contributed by atoms with Crippen LogP contribution in [-0.2, 0) is 16.0 Å². The Labute approximate surface area is 154 Å². The summed E-state index contributed by atoms with van der Waals surface area (Å²) in [5.74, 6) is 0.500. The first-order chi connectivity index (χ1) is 12.6. The third-order valence-corrected chi connectivity index (χ3v) is 4.98. The molecule has 2 N–H and O–H groups in total. The fourth-order valence-electron chi connectivity index (χ4n) is 3.37. The van der Waals surface area contributed by atoms with Gasteiger partial charge in [0.2, 0.25) is 0 Å². The molecule has 2 heterocycles. The first-order valence-corrected chi connectivity index (χ1v) is 9.29. The Morgan fingerprint density at radius 1 is 1.27 bits per heavy atom. The maximum atomic E-state index is 14.5. The summed E-state index contributed by atoms with van der Waals surface area (Å²) in [6, 6.07) is 5.39. The monoisotopic (exact) mass is 364 g/mol. The first kappa shape index (κ1) is 18.9. The first-order valence-electron chi connectivity index (χ1n) is 9.29. The molecule has 0 spiro atoms. The second-order valence-corrected chi connectivity index (χ2v) is 7.07. The third-order valence-electron chi connectivity index (χ3n) is 4.98. The van der Waals surface area contributed by atoms with E-state index in [1.807, 2.05) is 17.0 Å². The number of nitrogens with zero attached hydrogens (tertiary/aromatic N) is 2. The van der Waals surface area contributed by atoms with Gasteiger partial charge in [-0.2, -0.15) is 0 Å². The van der Waals surface area contributed by atoms with Gasteiger partial charge in [0.1, 0.15) is 5.82 Å². The standard InChI is InChI=1S/C19H29FN4O2/c1-19(6-3-9-26-19)14-23-18(21-2)22-13-15-4-5-17(16(20)12-15)24-7-10-25-11-8-24/h4-5,12H,3,6-11,13-14H2,1-2H3,(H2,21,22,23). The van der Waals surface area contributed by atoms with Gasteiger partial charge < -0.3 is 25.0 Å². The second kappa shape index (κ2) is 8.68. The Morgan fingerprint density at radius 3 is 2.73 bits per heavy atom. The van der Waals surface area contributed by atoms with Crippen molar-refractivity contribution in [3.05, 3.63) is 29.6 Å². The number of anilines is 1. The van der Waals surface area contributed by atoms with Crippen molar-refractivity contribution in [1.82, 2.24) is 10.6 Å². The number of nitrogens with one attached hydrogen (secondary N) is 2. The number of hydrogen-bond acceptors (Lipinski definition) is 4. The van der Waals surface area contributed by atoms with Gasteiger partial charge in [0, 0.05) is 39.8 Å². The van der Waals surface area contributed by atoms with Crippen molar-refractivity contribution >= 4 is 11.6 Å². The van der Waals surface area contributed by atoms with Gasteiger partial charge >= 0.3 is 0 Å². The minimum absolute atomic E-state index is 0.135. The topological polar surface area (TPSA) is 58.1 Å². The van der Waals surface area contributed by atoms with Crippen molar-refractivity contribution in [3.63, 3.8) is 0 Å². The van der Waals surface area contributed by atoms with Crippen LogP contribution in [0.3, 0.4) is 0 Å². The molecule has 3 rings (SSSR count). The van der Waals surface area contributed by atoms with Crippen LogP contribution in [0.4, 0.5) is 10.1 Å². The number of guanidine groups is 1. The van der Waals surface area contributed by atoms with E-state index in [4.69, 9.17) is 9.47 Å². The van der Waals surface area contributed by atoms with Gasteiger partial charge in [-0.05, 0) is 37.5 Å². The van der Waals surface area contributed by atoms with E-state index in [2.05, 4.69) is 22.5 Å². The highest BCUT2D eigenvalue weighted by molar-refractivity contribution is 5.79. The van der Waals surface area contributed by atoms with Crippen LogP contribution in [0, 0.1) is 5.82 Å². The van der Waals surface area contributed by atoms with Crippen molar-refractivity contribution < 1.29 is 13.9 Å². The molecule has 7 heteroatoms. The van der Waals surface area contributed by atoms with Crippen molar-refractivity contribution in [3.8, 4) is 0 Å². The fourth-order valence-corrected chi connectivity index (χ4v) is 3.37. The highest BCUT2D eigenvalue weighted by atomic mass is 19.1. The Kier molecular flexibility index (Phi) is 6.32. The molecular formula is C19H29FN4O2. The highest BCUT2D eigenvalue weighted by Crippen LogP contribution is 2.24. The number of hydrogen-bond donors (Lipinski definition) is 2. The Hall–Kier alpha value is -1.86. The van der Waals surface area contributed by atoms with Gasteiger partial charge in [0.15, 0.2) is 5.96 Å². The molecule has 26 heavy (non-hydrogen) atoms. The van der Waals surface area contributed by atoms with Gasteiger partial charge in [0.05, 0.1) is 24.5 Å². The summed E-state index contributed by atoms with van der Waals surface area (Å²) < 4.78 is 25.6. The zero-order valence-electron chi connectivity index (χ0n) is 15.7. The molecule has 0 amide bonds. The number of benzene rings is 1. The number of morpholine rings is 1. The maximum absolute atomic E-state index is 14.5. The fraction of sp³-hybridized carbons (Fsp3) is 0.632. The van der Waals surface area contributed by atoms with Crippen LogP contribution >= 0.6 is 0 Å². The van der Waals surface area contributed by atoms with Crippen molar-refractivity contribution in [2.24, 2.45) is 4.99 Å². The molecule has 1 unspecified atom stereocenters. The molecule has 6 nitrogen and oxygen atoms in total. The van der Waals surface area contributed by atoms with Crippen LogP contribution in [0.1, 0.15) is 25.3 Å². The number of rotatable bonds is 5. The minimum atomic E-state index is -0.194. The highest BCUT2D eigenvalue weighted by Gasteiger charge is 2.29. The summed E-state index contributed by atoms with van der Waals surface area (Å²) >= 11 is 0. The molecule has 0 bridgehead atoms. The summed E-state index contributed by atoms with van der Waals surface area (Å²) in [5, 5.41) is 6.53. The quantitative estimate of drug-likeness (QED) is 0.617. The van der Waals surface area contributed by atoms with E-state index >= 15 is 0 Å². The molecule has 2 saturated heterocycles. The Balaban J connectivity index is 1.52. The van der Waals surface area contributed by atoms with Gasteiger partial charge in [-0.1, -0.05) is 6.07 Å². The smallest absolute Gasteiger partial charge is 0.191 e. The van der Waals surface area contributed by atoms with E-state index < -0.39 is 0 Å². The zero-order valence-corrected chi connectivity index (χ0v) is 15.7. The maximum Gasteiger partial charge on any atom is 0.191 e. The lowest BCUT2D eigenvalue weighted by Gasteiger charge is -2.29. The molecule has 1 aromatic carbocycles. The Morgan fingerprint density at radius 2 is 2.08 bits per heavy atom. The van der Waals surface area contributed by atoms with Crippen LogP contribution in [0.2, 0.25) is 0 Å². The molecule has 1 atom stereocenters. The SMILES string of the molecule is CN=C(NCc1ccc(N2CCOCC2)c(F)c1)NCC1(C)CCCO1. The summed E-state index contributed by atoms with van der Waals surface area (Å²) in [6.07, 6.45) is 2.14. The molecular weight excluding hydrogens is 335 g/mol. The predicted molar refractivity (Wildman–Crippen MR) is 101 cm³/mol. The van der Waals surface area contributed by atoms with Gasteiger partial charge in [-0.3, -0.25) is 4.99 Å². The Bertz CT molecular complexity index is 626. The van der Waals surface area contributed by atoms with Crippen molar-refractivity contribution in [2.75, 3.05) is 51.4 Å². The summed E-state index contributed by atoms with van der Waals surface area (Å²) in [7, 11) is 1.73. The third kappa shape index (κ3) is 4.86. The molecule has 0 radical (unpaired) electrons. The second-order valence-electron chi connectivity index (χ2n) is 7.07. The van der Waals surface area contributed by atoms with Gasteiger partial charge in [-0.25, -0.2) is 4.39 Å². The minimum Gasteiger partial charge on any atom is -0.378 e. The lowest BCUT2D eigenvalue weighted by Crippen LogP contribution is -2.45. The van der Waals surface area contributed by atoms with Crippen LogP contribution in [-0.4, -0.2) is 58.1 Å². The van der Waals surface area contributed by atoms with E-state index in [9.17, 15) is 4.39 Å². The van der Waals surface area contributed by atoms with Crippen molar-refractivity contribution in [2.45, 2.75) is 31.9 Å². The lowest BCUT2D eigenvalue weighted by molar-refractivity contribution is 0.0243. The summed E-state index contributed by atoms with van der Waals surface area (Å²) in [5.41, 5.74) is 1.39. The number of halogens is 1. The van der Waals surface area contributed by atoms with Gasteiger partial charge in [0.25, 0.3) is 0 Å². The number of aliphatic imine (C=N–C) groups is 1. The van der Waals surface area contributed by atoms with E-state index in [0.29, 0.717) is 38.0 Å². The van der Waals surface area contributed by atoms with E-state index in [0.717, 1.165) is 38.1 Å². The summed E-state index contributed by atoms with van der Waals surface area (Å²) in [6.45, 7) is 6.89. The van der Waals surface area contributed by atoms with Crippen LogP contribution in [0.15, 0.2) is 23.2 Å². The van der Waals surface area contributed by atoms with Crippen LogP contribution in [0.25, 0.3) is 0 Å². The summed E-state index contributed by atoms with van der Waals surface area (Å²) in [4.78, 5) is 6.26. The average molecular weight is 364 g/mol.